The molecule has 0 aliphatic heterocycles. The van der Waals surface area contributed by atoms with Crippen LogP contribution in [0.15, 0.2) is 30.3 Å². The summed E-state index contributed by atoms with van der Waals surface area (Å²) < 4.78 is 38.8. The number of halogens is 3. The van der Waals surface area contributed by atoms with Crippen molar-refractivity contribution in [2.24, 2.45) is 0 Å². The predicted octanol–water partition coefficient (Wildman–Crippen LogP) is 4.16. The molecule has 0 unspecified atom stereocenters. The van der Waals surface area contributed by atoms with E-state index in [9.17, 15) is 18.0 Å². The number of nitrogen functional groups attached to an aromatic ring is 1. The van der Waals surface area contributed by atoms with Gasteiger partial charge in [0.2, 0.25) is 0 Å². The summed E-state index contributed by atoms with van der Waals surface area (Å²) in [7, 11) is 0. The number of nitrogens with one attached hydrogen (secondary N) is 1. The van der Waals surface area contributed by atoms with Crippen molar-refractivity contribution in [1.29, 1.82) is 0 Å². The number of hydrogen-bond donors (Lipinski definition) is 2. The molecule has 1 aromatic heterocycles. The molecule has 0 saturated carbocycles. The molecule has 0 saturated heterocycles. The van der Waals surface area contributed by atoms with Crippen LogP contribution in [0.1, 0.15) is 27.0 Å². The van der Waals surface area contributed by atoms with Crippen molar-refractivity contribution in [2.45, 2.75) is 19.5 Å². The van der Waals surface area contributed by atoms with Gasteiger partial charge in [-0.15, -0.1) is 11.3 Å². The van der Waals surface area contributed by atoms with E-state index in [1.165, 1.54) is 17.4 Å². The molecule has 3 N–H and O–H groups in total. The van der Waals surface area contributed by atoms with Crippen LogP contribution in [0, 0.1) is 0 Å². The third-order valence-electron chi connectivity index (χ3n) is 2.83. The standard InChI is InChI=1S/C14H13F3N2OS/c1-2-9-4-6-12(21-9)13(20)19-11-5-3-8(18)7-10(11)14(15,16)17/h3-7H,2,18H2,1H3,(H,19,20). The average molecular weight is 314 g/mol. The van der Waals surface area contributed by atoms with E-state index in [1.54, 1.807) is 12.1 Å². The minimum Gasteiger partial charge on any atom is -0.399 e. The molecule has 112 valence electrons. The zero-order valence-electron chi connectivity index (χ0n) is 11.1. The quantitative estimate of drug-likeness (QED) is 0.836. The minimum absolute atomic E-state index is 0.00952. The minimum atomic E-state index is -4.58. The Balaban J connectivity index is 2.29. The lowest BCUT2D eigenvalue weighted by Crippen LogP contribution is -2.16. The lowest BCUT2D eigenvalue weighted by atomic mass is 10.1. The van der Waals surface area contributed by atoms with E-state index in [2.05, 4.69) is 5.32 Å². The van der Waals surface area contributed by atoms with Crippen molar-refractivity contribution < 1.29 is 18.0 Å². The van der Waals surface area contributed by atoms with Crippen LogP contribution in [0.25, 0.3) is 0 Å². The smallest absolute Gasteiger partial charge is 0.399 e. The SMILES string of the molecule is CCc1ccc(C(=O)Nc2ccc(N)cc2C(F)(F)F)s1. The van der Waals surface area contributed by atoms with Crippen LogP contribution in [-0.4, -0.2) is 5.91 Å². The van der Waals surface area contributed by atoms with Crippen molar-refractivity contribution in [1.82, 2.24) is 0 Å². The topological polar surface area (TPSA) is 55.1 Å². The van der Waals surface area contributed by atoms with Crippen LogP contribution in [0.4, 0.5) is 24.5 Å². The molecule has 0 fully saturated rings. The predicted molar refractivity (Wildman–Crippen MR) is 77.5 cm³/mol. The molecule has 1 amide bonds. The second-order valence-corrected chi connectivity index (χ2v) is 5.54. The Morgan fingerprint density at radius 3 is 2.57 bits per heavy atom. The van der Waals surface area contributed by atoms with Gasteiger partial charge < -0.3 is 11.1 Å². The van der Waals surface area contributed by atoms with Crippen LogP contribution in [-0.2, 0) is 12.6 Å². The zero-order valence-corrected chi connectivity index (χ0v) is 11.9. The number of hydrogen-bond acceptors (Lipinski definition) is 3. The highest BCUT2D eigenvalue weighted by atomic mass is 32.1. The third-order valence-corrected chi connectivity index (χ3v) is 4.06. The van der Waals surface area contributed by atoms with E-state index in [-0.39, 0.29) is 11.4 Å². The third kappa shape index (κ3) is 3.55. The summed E-state index contributed by atoms with van der Waals surface area (Å²) >= 11 is 1.26. The summed E-state index contributed by atoms with van der Waals surface area (Å²) in [6, 6.07) is 6.67. The van der Waals surface area contributed by atoms with Crippen molar-refractivity contribution >= 4 is 28.6 Å². The molecule has 0 spiro atoms. The lowest BCUT2D eigenvalue weighted by Gasteiger charge is -2.14. The fourth-order valence-electron chi connectivity index (χ4n) is 1.78. The number of anilines is 2. The number of alkyl halides is 3. The Morgan fingerprint density at radius 1 is 1.29 bits per heavy atom. The number of nitrogens with two attached hydrogens (primary N) is 1. The molecule has 0 bridgehead atoms. The number of aryl methyl sites for hydroxylation is 1. The van der Waals surface area contributed by atoms with E-state index in [0.717, 1.165) is 23.4 Å². The maximum Gasteiger partial charge on any atom is 0.418 e. The molecule has 2 rings (SSSR count). The number of thiophene rings is 1. The van der Waals surface area contributed by atoms with Crippen LogP contribution in [0.5, 0.6) is 0 Å². The van der Waals surface area contributed by atoms with Gasteiger partial charge in [-0.2, -0.15) is 13.2 Å². The van der Waals surface area contributed by atoms with Gasteiger partial charge in [0.25, 0.3) is 5.91 Å². The molecular formula is C14H13F3N2OS. The van der Waals surface area contributed by atoms with Crippen molar-refractivity contribution in [3.05, 3.63) is 45.6 Å². The van der Waals surface area contributed by atoms with Gasteiger partial charge in [-0.05, 0) is 36.8 Å². The number of carbonyl (C=O) groups excluding carboxylic acids is 1. The van der Waals surface area contributed by atoms with Gasteiger partial charge >= 0.3 is 6.18 Å². The fourth-order valence-corrected chi connectivity index (χ4v) is 2.62. The number of benzene rings is 1. The van der Waals surface area contributed by atoms with E-state index in [1.807, 2.05) is 6.92 Å². The molecule has 0 aliphatic carbocycles. The largest absolute Gasteiger partial charge is 0.418 e. The van der Waals surface area contributed by atoms with Crippen LogP contribution >= 0.6 is 11.3 Å². The molecular weight excluding hydrogens is 301 g/mol. The first kappa shape index (κ1) is 15.4. The lowest BCUT2D eigenvalue weighted by molar-refractivity contribution is -0.136. The summed E-state index contributed by atoms with van der Waals surface area (Å²) in [5, 5.41) is 2.29. The van der Waals surface area contributed by atoms with Crippen molar-refractivity contribution in [3.8, 4) is 0 Å². The first-order valence-corrected chi connectivity index (χ1v) is 6.99. The summed E-state index contributed by atoms with van der Waals surface area (Å²) in [6.45, 7) is 1.94. The molecule has 1 heterocycles. The Kier molecular flexibility index (Phi) is 4.22. The van der Waals surface area contributed by atoms with Gasteiger partial charge in [0.15, 0.2) is 0 Å². The van der Waals surface area contributed by atoms with Crippen LogP contribution in [0.3, 0.4) is 0 Å². The Morgan fingerprint density at radius 2 is 2.00 bits per heavy atom. The zero-order chi connectivity index (χ0) is 15.6. The summed E-state index contributed by atoms with van der Waals surface area (Å²) in [4.78, 5) is 13.4. The molecule has 1 aromatic carbocycles. The molecule has 2 aromatic rings. The van der Waals surface area contributed by atoms with Crippen molar-refractivity contribution in [3.63, 3.8) is 0 Å². The number of rotatable bonds is 3. The fraction of sp³-hybridized carbons (Fsp3) is 0.214. The average Bonchev–Trinajstić information content (AvgIpc) is 2.88. The number of amides is 1. The van der Waals surface area contributed by atoms with Gasteiger partial charge in [-0.25, -0.2) is 0 Å². The Bertz CT molecular complexity index is 664. The summed E-state index contributed by atoms with van der Waals surface area (Å²) in [5.41, 5.74) is 4.11. The van der Waals surface area contributed by atoms with Crippen LogP contribution < -0.4 is 11.1 Å². The second kappa shape index (κ2) is 5.77. The van der Waals surface area contributed by atoms with E-state index >= 15 is 0 Å². The highest BCUT2D eigenvalue weighted by Gasteiger charge is 2.34. The van der Waals surface area contributed by atoms with Crippen LogP contribution in [0.2, 0.25) is 0 Å². The van der Waals surface area contributed by atoms with Gasteiger partial charge in [0.05, 0.1) is 16.1 Å². The molecule has 0 aliphatic rings. The van der Waals surface area contributed by atoms with Gasteiger partial charge in [0.1, 0.15) is 0 Å². The Hall–Kier alpha value is -2.02. The monoisotopic (exact) mass is 314 g/mol. The summed E-state index contributed by atoms with van der Waals surface area (Å²) in [5.74, 6) is -0.560. The molecule has 7 heteroatoms. The maximum absolute atomic E-state index is 12.9. The molecule has 3 nitrogen and oxygen atoms in total. The Labute approximate surface area is 123 Å². The van der Waals surface area contributed by atoms with E-state index in [4.69, 9.17) is 5.73 Å². The summed E-state index contributed by atoms with van der Waals surface area (Å²) in [6.07, 6.45) is -3.81. The van der Waals surface area contributed by atoms with Gasteiger partial charge in [-0.3, -0.25) is 4.79 Å². The second-order valence-electron chi connectivity index (χ2n) is 4.38. The number of carbonyl (C=O) groups is 1. The van der Waals surface area contributed by atoms with Gasteiger partial charge in [0, 0.05) is 10.6 Å². The highest BCUT2D eigenvalue weighted by molar-refractivity contribution is 7.14. The normalized spacial score (nSPS) is 11.4. The van der Waals surface area contributed by atoms with E-state index < -0.39 is 17.6 Å². The first-order chi connectivity index (χ1) is 9.81. The van der Waals surface area contributed by atoms with E-state index in [0.29, 0.717) is 4.88 Å². The molecule has 0 radical (unpaired) electrons. The van der Waals surface area contributed by atoms with Gasteiger partial charge in [-0.1, -0.05) is 6.92 Å². The first-order valence-electron chi connectivity index (χ1n) is 6.18. The highest BCUT2D eigenvalue weighted by Crippen LogP contribution is 2.36. The maximum atomic E-state index is 12.9. The molecule has 21 heavy (non-hydrogen) atoms. The van der Waals surface area contributed by atoms with Crippen molar-refractivity contribution in [2.75, 3.05) is 11.1 Å². The molecule has 0 atom stereocenters.